The van der Waals surface area contributed by atoms with Crippen LogP contribution in [0.1, 0.15) is 25.5 Å². The summed E-state index contributed by atoms with van der Waals surface area (Å²) in [6.07, 6.45) is 1.85. The first kappa shape index (κ1) is 10.4. The van der Waals surface area contributed by atoms with E-state index in [-0.39, 0.29) is 30.5 Å². The number of ketones is 1. The highest BCUT2D eigenvalue weighted by atomic mass is 16.4. The van der Waals surface area contributed by atoms with Crippen molar-refractivity contribution < 1.29 is 14.0 Å². The van der Waals surface area contributed by atoms with E-state index in [1.54, 1.807) is 6.92 Å². The van der Waals surface area contributed by atoms with Crippen molar-refractivity contribution in [3.8, 4) is 0 Å². The molecule has 0 aliphatic rings. The van der Waals surface area contributed by atoms with E-state index in [0.717, 1.165) is 0 Å². The number of aromatic nitrogens is 1. The Kier molecular flexibility index (Phi) is 3.39. The zero-order valence-corrected chi connectivity index (χ0v) is 8.16. The van der Waals surface area contributed by atoms with Gasteiger partial charge in [-0.2, -0.15) is 4.98 Å². The lowest BCUT2D eigenvalue weighted by molar-refractivity contribution is -0.121. The Morgan fingerprint density at radius 2 is 2.21 bits per heavy atom. The molecule has 1 aromatic heterocycles. The predicted molar refractivity (Wildman–Crippen MR) is 49.8 cm³/mol. The van der Waals surface area contributed by atoms with Gasteiger partial charge in [-0.1, -0.05) is 0 Å². The van der Waals surface area contributed by atoms with Crippen LogP contribution in [-0.4, -0.2) is 16.7 Å². The molecular weight excluding hydrogens is 184 g/mol. The van der Waals surface area contributed by atoms with Crippen molar-refractivity contribution in [2.24, 2.45) is 0 Å². The van der Waals surface area contributed by atoms with Crippen LogP contribution in [0.2, 0.25) is 0 Å². The lowest BCUT2D eigenvalue weighted by Gasteiger charge is -1.97. The van der Waals surface area contributed by atoms with Crippen LogP contribution in [-0.2, 0) is 9.59 Å². The SMILES string of the molecule is CC(=O)CCC(=O)Nc1nc(C)co1. The highest BCUT2D eigenvalue weighted by molar-refractivity contribution is 5.91. The fourth-order valence-electron chi connectivity index (χ4n) is 0.883. The van der Waals surface area contributed by atoms with Gasteiger partial charge in [0.2, 0.25) is 5.91 Å². The van der Waals surface area contributed by atoms with E-state index < -0.39 is 0 Å². The Balaban J connectivity index is 2.37. The molecule has 0 saturated carbocycles. The molecule has 0 aliphatic carbocycles. The highest BCUT2D eigenvalue weighted by Crippen LogP contribution is 2.06. The standard InChI is InChI=1S/C9H12N2O3/c1-6-5-14-9(10-6)11-8(13)4-3-7(2)12/h5H,3-4H2,1-2H3,(H,10,11,13). The van der Waals surface area contributed by atoms with Crippen molar-refractivity contribution in [2.75, 3.05) is 5.32 Å². The molecule has 0 saturated heterocycles. The van der Waals surface area contributed by atoms with Gasteiger partial charge >= 0.3 is 6.01 Å². The minimum Gasteiger partial charge on any atom is -0.432 e. The number of rotatable bonds is 4. The Bertz CT molecular complexity index is 344. The van der Waals surface area contributed by atoms with E-state index in [9.17, 15) is 9.59 Å². The van der Waals surface area contributed by atoms with Crippen molar-refractivity contribution in [2.45, 2.75) is 26.7 Å². The van der Waals surface area contributed by atoms with Crippen molar-refractivity contribution >= 4 is 17.7 Å². The molecule has 1 rings (SSSR count). The number of carbonyl (C=O) groups excluding carboxylic acids is 2. The molecule has 0 unspecified atom stereocenters. The van der Waals surface area contributed by atoms with Gasteiger partial charge < -0.3 is 9.21 Å². The summed E-state index contributed by atoms with van der Waals surface area (Å²) < 4.78 is 4.91. The molecule has 14 heavy (non-hydrogen) atoms. The summed E-state index contributed by atoms with van der Waals surface area (Å²) in [5, 5.41) is 2.45. The summed E-state index contributed by atoms with van der Waals surface area (Å²) >= 11 is 0. The van der Waals surface area contributed by atoms with E-state index >= 15 is 0 Å². The Labute approximate surface area is 81.5 Å². The summed E-state index contributed by atoms with van der Waals surface area (Å²) in [4.78, 5) is 25.6. The van der Waals surface area contributed by atoms with Crippen molar-refractivity contribution in [1.29, 1.82) is 0 Å². The van der Waals surface area contributed by atoms with E-state index in [1.807, 2.05) is 0 Å². The molecule has 0 aliphatic heterocycles. The molecule has 0 aromatic carbocycles. The first-order valence-corrected chi connectivity index (χ1v) is 4.29. The first-order chi connectivity index (χ1) is 6.58. The average molecular weight is 196 g/mol. The second kappa shape index (κ2) is 4.55. The molecule has 0 fully saturated rings. The molecule has 1 aromatic rings. The third kappa shape index (κ3) is 3.38. The molecule has 0 bridgehead atoms. The van der Waals surface area contributed by atoms with E-state index in [2.05, 4.69) is 10.3 Å². The number of oxazole rings is 1. The van der Waals surface area contributed by atoms with Gasteiger partial charge in [-0.3, -0.25) is 10.1 Å². The topological polar surface area (TPSA) is 72.2 Å². The van der Waals surface area contributed by atoms with Crippen LogP contribution >= 0.6 is 0 Å². The van der Waals surface area contributed by atoms with Gasteiger partial charge in [0.25, 0.3) is 0 Å². The summed E-state index contributed by atoms with van der Waals surface area (Å²) in [6.45, 7) is 3.21. The van der Waals surface area contributed by atoms with Gasteiger partial charge in [0, 0.05) is 12.8 Å². The first-order valence-electron chi connectivity index (χ1n) is 4.29. The normalized spacial score (nSPS) is 9.86. The largest absolute Gasteiger partial charge is 0.432 e. The van der Waals surface area contributed by atoms with E-state index in [1.165, 1.54) is 13.2 Å². The molecule has 1 heterocycles. The minimum atomic E-state index is -0.262. The van der Waals surface area contributed by atoms with Crippen LogP contribution < -0.4 is 5.32 Å². The van der Waals surface area contributed by atoms with Crippen molar-refractivity contribution in [3.05, 3.63) is 12.0 Å². The van der Waals surface area contributed by atoms with Gasteiger partial charge in [-0.15, -0.1) is 0 Å². The van der Waals surface area contributed by atoms with E-state index in [4.69, 9.17) is 4.42 Å². The third-order valence-corrected chi connectivity index (χ3v) is 1.57. The molecule has 1 N–H and O–H groups in total. The second-order valence-electron chi connectivity index (χ2n) is 3.04. The number of amides is 1. The lowest BCUT2D eigenvalue weighted by atomic mass is 10.2. The number of anilines is 1. The van der Waals surface area contributed by atoms with Crippen LogP contribution in [0, 0.1) is 6.92 Å². The van der Waals surface area contributed by atoms with Crippen LogP contribution in [0.15, 0.2) is 10.7 Å². The van der Waals surface area contributed by atoms with Gasteiger partial charge in [-0.25, -0.2) is 0 Å². The lowest BCUT2D eigenvalue weighted by Crippen LogP contribution is -2.12. The van der Waals surface area contributed by atoms with Crippen LogP contribution in [0.3, 0.4) is 0 Å². The number of hydrogen-bond acceptors (Lipinski definition) is 4. The Morgan fingerprint density at radius 1 is 1.50 bits per heavy atom. The molecular formula is C9H12N2O3. The van der Waals surface area contributed by atoms with Crippen LogP contribution in [0.5, 0.6) is 0 Å². The monoisotopic (exact) mass is 196 g/mol. The smallest absolute Gasteiger partial charge is 0.301 e. The maximum Gasteiger partial charge on any atom is 0.301 e. The average Bonchev–Trinajstić information content (AvgIpc) is 2.48. The highest BCUT2D eigenvalue weighted by Gasteiger charge is 2.07. The number of hydrogen-bond donors (Lipinski definition) is 1. The fourth-order valence-corrected chi connectivity index (χ4v) is 0.883. The van der Waals surface area contributed by atoms with Crippen molar-refractivity contribution in [1.82, 2.24) is 4.98 Å². The van der Waals surface area contributed by atoms with Gasteiger partial charge in [0.05, 0.1) is 5.69 Å². The zero-order valence-electron chi connectivity index (χ0n) is 8.16. The molecule has 0 spiro atoms. The van der Waals surface area contributed by atoms with Crippen molar-refractivity contribution in [3.63, 3.8) is 0 Å². The number of carbonyl (C=O) groups is 2. The molecule has 0 radical (unpaired) electrons. The van der Waals surface area contributed by atoms with Gasteiger partial charge in [-0.05, 0) is 13.8 Å². The van der Waals surface area contributed by atoms with Crippen LogP contribution in [0.4, 0.5) is 6.01 Å². The van der Waals surface area contributed by atoms with Gasteiger partial charge in [0.15, 0.2) is 0 Å². The quantitative estimate of drug-likeness (QED) is 0.787. The number of Topliss-reactive ketones (excluding diaryl/α,β-unsaturated/α-hetero) is 1. The number of aryl methyl sites for hydroxylation is 1. The third-order valence-electron chi connectivity index (χ3n) is 1.57. The summed E-state index contributed by atoms with van der Waals surface area (Å²) in [6, 6.07) is 0.177. The molecule has 76 valence electrons. The maximum absolute atomic E-state index is 11.2. The summed E-state index contributed by atoms with van der Waals surface area (Å²) in [7, 11) is 0. The number of nitrogens with one attached hydrogen (secondary N) is 1. The fraction of sp³-hybridized carbons (Fsp3) is 0.444. The maximum atomic E-state index is 11.2. The Hall–Kier alpha value is -1.65. The van der Waals surface area contributed by atoms with Crippen LogP contribution in [0.25, 0.3) is 0 Å². The molecule has 0 atom stereocenters. The molecule has 5 nitrogen and oxygen atoms in total. The molecule has 1 amide bonds. The minimum absolute atomic E-state index is 0.0104. The van der Waals surface area contributed by atoms with E-state index in [0.29, 0.717) is 5.69 Å². The predicted octanol–water partition coefficient (Wildman–Crippen LogP) is 1.29. The Morgan fingerprint density at radius 3 is 2.71 bits per heavy atom. The zero-order chi connectivity index (χ0) is 10.6. The number of nitrogens with zero attached hydrogens (tertiary/aromatic N) is 1. The second-order valence-corrected chi connectivity index (χ2v) is 3.04. The summed E-state index contributed by atoms with van der Waals surface area (Å²) in [5.41, 5.74) is 0.701. The summed E-state index contributed by atoms with van der Waals surface area (Å²) in [5.74, 6) is -0.272. The molecule has 5 heteroatoms. The van der Waals surface area contributed by atoms with Gasteiger partial charge in [0.1, 0.15) is 12.0 Å².